The molecule has 0 radical (unpaired) electrons. The van der Waals surface area contributed by atoms with Crippen LogP contribution in [0, 0.1) is 0 Å². The van der Waals surface area contributed by atoms with Crippen LogP contribution >= 0.6 is 23.1 Å². The highest BCUT2D eigenvalue weighted by Gasteiger charge is 2.11. The molecule has 0 aliphatic heterocycles. The number of carbonyl (C=O) groups is 2. The summed E-state index contributed by atoms with van der Waals surface area (Å²) in [4.78, 5) is 24.8. The highest BCUT2D eigenvalue weighted by atomic mass is 32.2. The van der Waals surface area contributed by atoms with Crippen LogP contribution in [0.5, 0.6) is 0 Å². The number of hydrogen-bond donors (Lipinski definition) is 2. The van der Waals surface area contributed by atoms with Crippen molar-refractivity contribution in [3.8, 4) is 0 Å². The van der Waals surface area contributed by atoms with Crippen molar-refractivity contribution in [2.24, 2.45) is 0 Å². The largest absolute Gasteiger partial charge is 0.348 e. The Morgan fingerprint density at radius 3 is 2.55 bits per heavy atom. The Morgan fingerprint density at radius 1 is 1.23 bits per heavy atom. The highest BCUT2D eigenvalue weighted by Crippen LogP contribution is 2.18. The van der Waals surface area contributed by atoms with Crippen molar-refractivity contribution >= 4 is 34.9 Å². The summed E-state index contributed by atoms with van der Waals surface area (Å²) in [5, 5.41) is 9.07. The summed E-state index contributed by atoms with van der Waals surface area (Å²) >= 11 is 3.13. The molecule has 2 rings (SSSR count). The van der Waals surface area contributed by atoms with Gasteiger partial charge in [0.1, 0.15) is 0 Å². The van der Waals surface area contributed by atoms with E-state index in [1.807, 2.05) is 42.8 Å². The number of thiophene rings is 1. The minimum Gasteiger partial charge on any atom is -0.348 e. The molecule has 0 aliphatic carbocycles. The van der Waals surface area contributed by atoms with Gasteiger partial charge in [-0.05, 0) is 42.3 Å². The molecule has 1 aromatic heterocycles. The van der Waals surface area contributed by atoms with Crippen LogP contribution in [-0.4, -0.2) is 24.6 Å². The Kier molecular flexibility index (Phi) is 6.03. The first-order valence-corrected chi connectivity index (χ1v) is 9.00. The lowest BCUT2D eigenvalue weighted by Gasteiger charge is -2.15. The van der Waals surface area contributed by atoms with E-state index < -0.39 is 0 Å². The van der Waals surface area contributed by atoms with Crippen molar-refractivity contribution in [2.45, 2.75) is 17.9 Å². The molecular weight excluding hydrogens is 316 g/mol. The SMILES string of the molecule is CSc1ccc([C@H](C)NC(=O)CNC(=O)c2ccsc2)cc1. The Morgan fingerprint density at radius 2 is 1.95 bits per heavy atom. The third-order valence-corrected chi connectivity index (χ3v) is 4.61. The first-order valence-electron chi connectivity index (χ1n) is 6.84. The molecular formula is C16H18N2O2S2. The van der Waals surface area contributed by atoms with E-state index in [0.717, 1.165) is 5.56 Å². The smallest absolute Gasteiger partial charge is 0.252 e. The van der Waals surface area contributed by atoms with Crippen molar-refractivity contribution in [3.05, 3.63) is 52.2 Å². The van der Waals surface area contributed by atoms with Gasteiger partial charge in [0, 0.05) is 15.8 Å². The van der Waals surface area contributed by atoms with Crippen molar-refractivity contribution in [3.63, 3.8) is 0 Å². The average molecular weight is 334 g/mol. The Labute approximate surface area is 138 Å². The topological polar surface area (TPSA) is 58.2 Å². The molecule has 0 spiro atoms. The van der Waals surface area contributed by atoms with E-state index in [1.165, 1.54) is 16.2 Å². The summed E-state index contributed by atoms with van der Waals surface area (Å²) in [7, 11) is 0. The minimum absolute atomic E-state index is 0.0259. The number of benzene rings is 1. The fourth-order valence-electron chi connectivity index (χ4n) is 1.92. The van der Waals surface area contributed by atoms with E-state index in [4.69, 9.17) is 0 Å². The predicted octanol–water partition coefficient (Wildman–Crippen LogP) is 3.08. The van der Waals surface area contributed by atoms with Crippen LogP contribution in [0.15, 0.2) is 46.0 Å². The molecule has 0 aliphatic rings. The van der Waals surface area contributed by atoms with Crippen LogP contribution in [0.1, 0.15) is 28.9 Å². The van der Waals surface area contributed by atoms with E-state index in [1.54, 1.807) is 23.2 Å². The molecule has 1 heterocycles. The van der Waals surface area contributed by atoms with Crippen LogP contribution in [0.3, 0.4) is 0 Å². The number of thioether (sulfide) groups is 1. The first-order chi connectivity index (χ1) is 10.6. The van der Waals surface area contributed by atoms with Gasteiger partial charge >= 0.3 is 0 Å². The van der Waals surface area contributed by atoms with Gasteiger partial charge in [0.15, 0.2) is 0 Å². The van der Waals surface area contributed by atoms with Gasteiger partial charge in [-0.15, -0.1) is 11.8 Å². The molecule has 0 saturated heterocycles. The molecule has 6 heteroatoms. The predicted molar refractivity (Wildman–Crippen MR) is 91.4 cm³/mol. The van der Waals surface area contributed by atoms with Crippen LogP contribution < -0.4 is 10.6 Å². The summed E-state index contributed by atoms with van der Waals surface area (Å²) < 4.78 is 0. The Balaban J connectivity index is 1.81. The van der Waals surface area contributed by atoms with Crippen LogP contribution in [0.2, 0.25) is 0 Å². The molecule has 22 heavy (non-hydrogen) atoms. The van der Waals surface area contributed by atoms with Crippen LogP contribution in [-0.2, 0) is 4.79 Å². The molecule has 116 valence electrons. The van der Waals surface area contributed by atoms with E-state index in [-0.39, 0.29) is 24.4 Å². The number of rotatable bonds is 6. The Bertz CT molecular complexity index is 624. The molecule has 1 aromatic carbocycles. The lowest BCUT2D eigenvalue weighted by molar-refractivity contribution is -0.120. The van der Waals surface area contributed by atoms with Gasteiger partial charge < -0.3 is 10.6 Å². The molecule has 2 amide bonds. The maximum Gasteiger partial charge on any atom is 0.252 e. The van der Waals surface area contributed by atoms with Crippen LogP contribution in [0.25, 0.3) is 0 Å². The van der Waals surface area contributed by atoms with Gasteiger partial charge in [0.05, 0.1) is 12.6 Å². The molecule has 1 atom stereocenters. The quantitative estimate of drug-likeness (QED) is 0.798. The number of hydrogen-bond acceptors (Lipinski definition) is 4. The van der Waals surface area contributed by atoms with Gasteiger partial charge in [0.25, 0.3) is 5.91 Å². The third kappa shape index (κ3) is 4.61. The normalized spacial score (nSPS) is 11.7. The first kappa shape index (κ1) is 16.6. The number of nitrogens with one attached hydrogen (secondary N) is 2. The van der Waals surface area contributed by atoms with E-state index in [2.05, 4.69) is 10.6 Å². The highest BCUT2D eigenvalue weighted by molar-refractivity contribution is 7.98. The monoisotopic (exact) mass is 334 g/mol. The van der Waals surface area contributed by atoms with E-state index in [9.17, 15) is 9.59 Å². The molecule has 0 unspecified atom stereocenters. The third-order valence-electron chi connectivity index (χ3n) is 3.19. The zero-order valence-electron chi connectivity index (χ0n) is 12.5. The fourth-order valence-corrected chi connectivity index (χ4v) is 2.97. The fraction of sp³-hybridized carbons (Fsp3) is 0.250. The lowest BCUT2D eigenvalue weighted by atomic mass is 10.1. The average Bonchev–Trinajstić information content (AvgIpc) is 3.07. The maximum absolute atomic E-state index is 11.9. The molecule has 2 N–H and O–H groups in total. The van der Waals surface area contributed by atoms with Gasteiger partial charge in [0.2, 0.25) is 5.91 Å². The van der Waals surface area contributed by atoms with Crippen molar-refractivity contribution < 1.29 is 9.59 Å². The van der Waals surface area contributed by atoms with Gasteiger partial charge in [-0.2, -0.15) is 11.3 Å². The summed E-state index contributed by atoms with van der Waals surface area (Å²) in [6.07, 6.45) is 2.02. The second-order valence-electron chi connectivity index (χ2n) is 4.76. The number of amides is 2. The summed E-state index contributed by atoms with van der Waals surface area (Å²) in [5.41, 5.74) is 1.62. The maximum atomic E-state index is 11.9. The van der Waals surface area contributed by atoms with Gasteiger partial charge in [-0.25, -0.2) is 0 Å². The molecule has 0 bridgehead atoms. The van der Waals surface area contributed by atoms with E-state index >= 15 is 0 Å². The van der Waals surface area contributed by atoms with Crippen molar-refractivity contribution in [2.75, 3.05) is 12.8 Å². The van der Waals surface area contributed by atoms with Crippen LogP contribution in [0.4, 0.5) is 0 Å². The summed E-state index contributed by atoms with van der Waals surface area (Å²) in [6, 6.07) is 9.69. The van der Waals surface area contributed by atoms with Gasteiger partial charge in [-0.1, -0.05) is 12.1 Å². The molecule has 4 nitrogen and oxygen atoms in total. The zero-order valence-corrected chi connectivity index (χ0v) is 14.1. The second-order valence-corrected chi connectivity index (χ2v) is 6.42. The summed E-state index contributed by atoms with van der Waals surface area (Å²) in [5.74, 6) is -0.432. The standard InChI is InChI=1S/C16H18N2O2S2/c1-11(12-3-5-14(21-2)6-4-12)18-15(19)9-17-16(20)13-7-8-22-10-13/h3-8,10-11H,9H2,1-2H3,(H,17,20)(H,18,19)/t11-/m0/s1. The molecule has 0 fully saturated rings. The lowest BCUT2D eigenvalue weighted by Crippen LogP contribution is -2.37. The van der Waals surface area contributed by atoms with Gasteiger partial charge in [-0.3, -0.25) is 9.59 Å². The van der Waals surface area contributed by atoms with E-state index in [0.29, 0.717) is 5.56 Å². The Hall–Kier alpha value is -1.79. The molecule has 0 saturated carbocycles. The second kappa shape index (κ2) is 8.00. The summed E-state index contributed by atoms with van der Waals surface area (Å²) in [6.45, 7) is 1.90. The molecule has 2 aromatic rings. The van der Waals surface area contributed by atoms with Crippen molar-refractivity contribution in [1.29, 1.82) is 0 Å². The number of carbonyl (C=O) groups excluding carboxylic acids is 2. The minimum atomic E-state index is -0.228. The van der Waals surface area contributed by atoms with Crippen molar-refractivity contribution in [1.82, 2.24) is 10.6 Å². The zero-order chi connectivity index (χ0) is 15.9.